The van der Waals surface area contributed by atoms with E-state index in [1.807, 2.05) is 0 Å². The number of nitrogen functional groups attached to an aromatic ring is 1. The van der Waals surface area contributed by atoms with Gasteiger partial charge >= 0.3 is 0 Å². The lowest BCUT2D eigenvalue weighted by Crippen LogP contribution is -2.00. The van der Waals surface area contributed by atoms with Crippen LogP contribution in [0.2, 0.25) is 0 Å². The van der Waals surface area contributed by atoms with Gasteiger partial charge in [-0.15, -0.1) is 0 Å². The molecule has 0 aliphatic carbocycles. The molecule has 0 aliphatic rings. The van der Waals surface area contributed by atoms with Crippen molar-refractivity contribution < 1.29 is 13.9 Å². The van der Waals surface area contributed by atoms with Gasteiger partial charge in [0.05, 0.1) is 18.4 Å². The minimum Gasteiger partial charge on any atom is -0.497 e. The van der Waals surface area contributed by atoms with Gasteiger partial charge in [0.2, 0.25) is 0 Å². The number of benzene rings is 2. The van der Waals surface area contributed by atoms with Crippen LogP contribution in [0.15, 0.2) is 36.4 Å². The maximum atomic E-state index is 13.2. The molecule has 0 bridgehead atoms. The summed E-state index contributed by atoms with van der Waals surface area (Å²) in [6.45, 7) is 0.200. The molecule has 2 aromatic carbocycles. The Labute approximate surface area is 116 Å². The fourth-order valence-electron chi connectivity index (χ4n) is 1.69. The standard InChI is InChI=1S/C15H13FN2O2/c1-19-12-3-5-15(14(18)7-12)20-9-10-2-4-13(16)11(6-10)8-17/h2-7H,9,18H2,1H3. The fourth-order valence-corrected chi connectivity index (χ4v) is 1.69. The van der Waals surface area contributed by atoms with E-state index >= 15 is 0 Å². The monoisotopic (exact) mass is 272 g/mol. The molecule has 0 aliphatic heterocycles. The summed E-state index contributed by atoms with van der Waals surface area (Å²) >= 11 is 0. The molecule has 0 aromatic heterocycles. The van der Waals surface area contributed by atoms with E-state index in [1.165, 1.54) is 12.1 Å². The normalized spacial score (nSPS) is 9.85. The third-order valence-corrected chi connectivity index (χ3v) is 2.76. The lowest BCUT2D eigenvalue weighted by molar-refractivity contribution is 0.307. The first-order valence-corrected chi connectivity index (χ1v) is 5.89. The third-order valence-electron chi connectivity index (χ3n) is 2.76. The summed E-state index contributed by atoms with van der Waals surface area (Å²) in [5, 5.41) is 8.77. The van der Waals surface area contributed by atoms with E-state index in [4.69, 9.17) is 20.5 Å². The predicted molar refractivity (Wildman–Crippen MR) is 72.9 cm³/mol. The van der Waals surface area contributed by atoms with Gasteiger partial charge in [-0.2, -0.15) is 5.26 Å². The van der Waals surface area contributed by atoms with Crippen LogP contribution >= 0.6 is 0 Å². The second-order valence-electron chi connectivity index (χ2n) is 4.12. The molecule has 102 valence electrons. The van der Waals surface area contributed by atoms with Gasteiger partial charge in [-0.25, -0.2) is 4.39 Å². The van der Waals surface area contributed by atoms with Crippen LogP contribution in [0.5, 0.6) is 11.5 Å². The summed E-state index contributed by atoms with van der Waals surface area (Å²) in [5.74, 6) is 0.609. The van der Waals surface area contributed by atoms with E-state index in [1.54, 1.807) is 37.4 Å². The molecular weight excluding hydrogens is 259 g/mol. The van der Waals surface area contributed by atoms with Crippen molar-refractivity contribution in [3.63, 3.8) is 0 Å². The van der Waals surface area contributed by atoms with Crippen molar-refractivity contribution >= 4 is 5.69 Å². The number of halogens is 1. The zero-order chi connectivity index (χ0) is 14.5. The fraction of sp³-hybridized carbons (Fsp3) is 0.133. The Hall–Kier alpha value is -2.74. The second-order valence-corrected chi connectivity index (χ2v) is 4.12. The van der Waals surface area contributed by atoms with Crippen LogP contribution in [0, 0.1) is 17.1 Å². The average molecular weight is 272 g/mol. The first kappa shape index (κ1) is 13.7. The minimum absolute atomic E-state index is 0.00574. The average Bonchev–Trinajstić information content (AvgIpc) is 2.47. The molecule has 0 saturated heterocycles. The van der Waals surface area contributed by atoms with Crippen molar-refractivity contribution in [1.29, 1.82) is 5.26 Å². The number of hydrogen-bond acceptors (Lipinski definition) is 4. The number of hydrogen-bond donors (Lipinski definition) is 1. The summed E-state index contributed by atoms with van der Waals surface area (Å²) in [6.07, 6.45) is 0. The smallest absolute Gasteiger partial charge is 0.142 e. The first-order valence-electron chi connectivity index (χ1n) is 5.89. The molecule has 5 heteroatoms. The van der Waals surface area contributed by atoms with Crippen molar-refractivity contribution in [1.82, 2.24) is 0 Å². The van der Waals surface area contributed by atoms with Crippen molar-refractivity contribution in [2.75, 3.05) is 12.8 Å². The number of nitriles is 1. The van der Waals surface area contributed by atoms with Gasteiger partial charge < -0.3 is 15.2 Å². The Kier molecular flexibility index (Phi) is 4.06. The Morgan fingerprint density at radius 3 is 2.70 bits per heavy atom. The van der Waals surface area contributed by atoms with Crippen LogP contribution < -0.4 is 15.2 Å². The molecule has 0 radical (unpaired) electrons. The molecule has 2 N–H and O–H groups in total. The highest BCUT2D eigenvalue weighted by molar-refractivity contribution is 5.56. The number of rotatable bonds is 4. The predicted octanol–water partition coefficient (Wildman–Crippen LogP) is 2.87. The van der Waals surface area contributed by atoms with Crippen molar-refractivity contribution in [2.45, 2.75) is 6.61 Å². The minimum atomic E-state index is -0.541. The van der Waals surface area contributed by atoms with Crippen molar-refractivity contribution in [3.05, 3.63) is 53.3 Å². The van der Waals surface area contributed by atoms with Crippen LogP contribution in [0.3, 0.4) is 0 Å². The number of ether oxygens (including phenoxy) is 2. The molecule has 2 rings (SSSR count). The zero-order valence-electron chi connectivity index (χ0n) is 10.9. The Morgan fingerprint density at radius 1 is 1.25 bits per heavy atom. The highest BCUT2D eigenvalue weighted by Gasteiger charge is 2.06. The number of nitrogens with two attached hydrogens (primary N) is 1. The van der Waals surface area contributed by atoms with Crippen LogP contribution in [-0.4, -0.2) is 7.11 Å². The second kappa shape index (κ2) is 5.93. The van der Waals surface area contributed by atoms with Gasteiger partial charge in [-0.05, 0) is 29.8 Å². The van der Waals surface area contributed by atoms with E-state index in [0.29, 0.717) is 22.7 Å². The van der Waals surface area contributed by atoms with Gasteiger partial charge in [0.1, 0.15) is 30.0 Å². The van der Waals surface area contributed by atoms with Crippen LogP contribution in [0.25, 0.3) is 0 Å². The molecule has 0 spiro atoms. The van der Waals surface area contributed by atoms with Gasteiger partial charge in [0.15, 0.2) is 0 Å². The Balaban J connectivity index is 2.11. The topological polar surface area (TPSA) is 68.3 Å². The van der Waals surface area contributed by atoms with E-state index in [2.05, 4.69) is 0 Å². The zero-order valence-corrected chi connectivity index (χ0v) is 10.9. The first-order chi connectivity index (χ1) is 9.63. The lowest BCUT2D eigenvalue weighted by Gasteiger charge is -2.10. The van der Waals surface area contributed by atoms with E-state index in [0.717, 1.165) is 0 Å². The lowest BCUT2D eigenvalue weighted by atomic mass is 10.1. The molecule has 4 nitrogen and oxygen atoms in total. The van der Waals surface area contributed by atoms with Crippen molar-refractivity contribution in [2.24, 2.45) is 0 Å². The Bertz CT molecular complexity index is 665. The van der Waals surface area contributed by atoms with Crippen LogP contribution in [-0.2, 0) is 6.61 Å². The summed E-state index contributed by atoms with van der Waals surface area (Å²) in [7, 11) is 1.55. The SMILES string of the molecule is COc1ccc(OCc2ccc(F)c(C#N)c2)c(N)c1. The molecule has 0 saturated carbocycles. The van der Waals surface area contributed by atoms with Gasteiger partial charge in [0.25, 0.3) is 0 Å². The van der Waals surface area contributed by atoms with E-state index in [9.17, 15) is 4.39 Å². The molecule has 20 heavy (non-hydrogen) atoms. The van der Waals surface area contributed by atoms with Gasteiger partial charge in [-0.3, -0.25) is 0 Å². The molecular formula is C15H13FN2O2. The highest BCUT2D eigenvalue weighted by atomic mass is 19.1. The summed E-state index contributed by atoms with van der Waals surface area (Å²) in [4.78, 5) is 0. The summed E-state index contributed by atoms with van der Waals surface area (Å²) < 4.78 is 23.8. The van der Waals surface area contributed by atoms with Gasteiger partial charge in [0, 0.05) is 6.07 Å². The molecule has 0 atom stereocenters. The van der Waals surface area contributed by atoms with Crippen LogP contribution in [0.1, 0.15) is 11.1 Å². The number of anilines is 1. The molecule has 2 aromatic rings. The number of nitrogens with zero attached hydrogens (tertiary/aromatic N) is 1. The maximum absolute atomic E-state index is 13.2. The largest absolute Gasteiger partial charge is 0.497 e. The summed E-state index contributed by atoms with van der Waals surface area (Å²) in [5.41, 5.74) is 6.96. The van der Waals surface area contributed by atoms with Crippen molar-refractivity contribution in [3.8, 4) is 17.6 Å². The number of methoxy groups -OCH3 is 1. The van der Waals surface area contributed by atoms with Gasteiger partial charge in [-0.1, -0.05) is 6.07 Å². The highest BCUT2D eigenvalue weighted by Crippen LogP contribution is 2.27. The molecule has 0 heterocycles. The van der Waals surface area contributed by atoms with Crippen LogP contribution in [0.4, 0.5) is 10.1 Å². The Morgan fingerprint density at radius 2 is 2.05 bits per heavy atom. The third kappa shape index (κ3) is 2.98. The van der Waals surface area contributed by atoms with E-state index < -0.39 is 5.82 Å². The quantitative estimate of drug-likeness (QED) is 0.869. The molecule has 0 unspecified atom stereocenters. The maximum Gasteiger partial charge on any atom is 0.142 e. The molecule has 0 fully saturated rings. The van der Waals surface area contributed by atoms with E-state index in [-0.39, 0.29) is 12.2 Å². The summed E-state index contributed by atoms with van der Waals surface area (Å²) in [6, 6.07) is 11.1. The molecule has 0 amide bonds.